The maximum atomic E-state index is 11.6. The zero-order valence-corrected chi connectivity index (χ0v) is 11.2. The number of nitrogens with zero attached hydrogens (tertiary/aromatic N) is 2. The van der Waals surface area contributed by atoms with Gasteiger partial charge in [-0.3, -0.25) is 4.68 Å². The summed E-state index contributed by atoms with van der Waals surface area (Å²) < 4.78 is 6.48. The van der Waals surface area contributed by atoms with Crippen molar-refractivity contribution >= 4 is 23.3 Å². The summed E-state index contributed by atoms with van der Waals surface area (Å²) >= 11 is 5.82. The maximum absolute atomic E-state index is 11.6. The van der Waals surface area contributed by atoms with Gasteiger partial charge in [0.2, 0.25) is 0 Å². The first-order valence-electron chi connectivity index (χ1n) is 5.84. The standard InChI is InChI=1S/C13H14ClN3O2/c1-2-19-13(18)12-11(15)8-17(16-12)7-9-3-5-10(14)6-4-9/h3-6,8H,2,7,15H2,1H3. The lowest BCUT2D eigenvalue weighted by atomic mass is 10.2. The van der Waals surface area contributed by atoms with Gasteiger partial charge in [-0.1, -0.05) is 23.7 Å². The number of aromatic nitrogens is 2. The largest absolute Gasteiger partial charge is 0.461 e. The number of carbonyl (C=O) groups is 1. The molecule has 5 nitrogen and oxygen atoms in total. The molecule has 0 aliphatic carbocycles. The number of benzene rings is 1. The van der Waals surface area contributed by atoms with E-state index in [1.807, 2.05) is 12.1 Å². The molecule has 0 fully saturated rings. The first-order valence-corrected chi connectivity index (χ1v) is 6.22. The number of esters is 1. The molecule has 0 bridgehead atoms. The summed E-state index contributed by atoms with van der Waals surface area (Å²) in [5.41, 5.74) is 7.22. The molecule has 6 heteroatoms. The lowest BCUT2D eigenvalue weighted by Crippen LogP contribution is -2.09. The minimum Gasteiger partial charge on any atom is -0.461 e. The van der Waals surface area contributed by atoms with Crippen molar-refractivity contribution in [1.82, 2.24) is 9.78 Å². The molecule has 19 heavy (non-hydrogen) atoms. The molecule has 2 aromatic rings. The van der Waals surface area contributed by atoms with Crippen LogP contribution in [0.5, 0.6) is 0 Å². The van der Waals surface area contributed by atoms with Gasteiger partial charge >= 0.3 is 5.97 Å². The third-order valence-electron chi connectivity index (χ3n) is 2.52. The molecule has 0 aliphatic heterocycles. The molecule has 0 aliphatic rings. The molecule has 1 aromatic heterocycles. The van der Waals surface area contributed by atoms with Gasteiger partial charge in [-0.05, 0) is 24.6 Å². The van der Waals surface area contributed by atoms with E-state index >= 15 is 0 Å². The number of hydrogen-bond acceptors (Lipinski definition) is 4. The summed E-state index contributed by atoms with van der Waals surface area (Å²) in [6.07, 6.45) is 1.61. The predicted octanol–water partition coefficient (Wildman–Crippen LogP) is 2.34. The van der Waals surface area contributed by atoms with Gasteiger partial charge in [0.15, 0.2) is 5.69 Å². The lowest BCUT2D eigenvalue weighted by Gasteiger charge is -2.01. The number of halogens is 1. The van der Waals surface area contributed by atoms with Crippen LogP contribution in [0, 0.1) is 0 Å². The van der Waals surface area contributed by atoms with Crippen molar-refractivity contribution in [3.8, 4) is 0 Å². The smallest absolute Gasteiger partial charge is 0.361 e. The van der Waals surface area contributed by atoms with E-state index in [0.717, 1.165) is 5.56 Å². The molecular weight excluding hydrogens is 266 g/mol. The van der Waals surface area contributed by atoms with Crippen LogP contribution in [-0.4, -0.2) is 22.4 Å². The Hall–Kier alpha value is -2.01. The highest BCUT2D eigenvalue weighted by atomic mass is 35.5. The van der Waals surface area contributed by atoms with Crippen LogP contribution in [0.4, 0.5) is 5.69 Å². The minimum absolute atomic E-state index is 0.149. The van der Waals surface area contributed by atoms with E-state index in [2.05, 4.69) is 5.10 Å². The average molecular weight is 280 g/mol. The summed E-state index contributed by atoms with van der Waals surface area (Å²) in [5.74, 6) is -0.505. The van der Waals surface area contributed by atoms with Crippen LogP contribution >= 0.6 is 11.6 Å². The molecule has 0 spiro atoms. The molecule has 1 heterocycles. The van der Waals surface area contributed by atoms with Crippen LogP contribution < -0.4 is 5.73 Å². The van der Waals surface area contributed by atoms with Gasteiger partial charge in [0.1, 0.15) is 0 Å². The molecule has 100 valence electrons. The second kappa shape index (κ2) is 5.75. The fourth-order valence-electron chi connectivity index (χ4n) is 1.65. The topological polar surface area (TPSA) is 70.1 Å². The average Bonchev–Trinajstić information content (AvgIpc) is 2.74. The van der Waals surface area contributed by atoms with Crippen molar-refractivity contribution < 1.29 is 9.53 Å². The maximum Gasteiger partial charge on any atom is 0.361 e. The zero-order chi connectivity index (χ0) is 13.8. The fourth-order valence-corrected chi connectivity index (χ4v) is 1.78. The van der Waals surface area contributed by atoms with Crippen LogP contribution in [-0.2, 0) is 11.3 Å². The number of rotatable bonds is 4. The number of hydrogen-bond donors (Lipinski definition) is 1. The Labute approximate surface area is 115 Å². The Balaban J connectivity index is 2.16. The number of nitrogen functional groups attached to an aromatic ring is 1. The van der Waals surface area contributed by atoms with Crippen LogP contribution in [0.2, 0.25) is 5.02 Å². The van der Waals surface area contributed by atoms with Crippen molar-refractivity contribution in [2.75, 3.05) is 12.3 Å². The van der Waals surface area contributed by atoms with Crippen LogP contribution in [0.25, 0.3) is 0 Å². The number of anilines is 1. The van der Waals surface area contributed by atoms with Crippen LogP contribution in [0.1, 0.15) is 23.0 Å². The highest BCUT2D eigenvalue weighted by molar-refractivity contribution is 6.30. The second-order valence-corrected chi connectivity index (χ2v) is 4.41. The highest BCUT2D eigenvalue weighted by Crippen LogP contribution is 2.14. The van der Waals surface area contributed by atoms with Crippen molar-refractivity contribution in [2.24, 2.45) is 0 Å². The summed E-state index contributed by atoms with van der Waals surface area (Å²) in [7, 11) is 0. The van der Waals surface area contributed by atoms with Gasteiger partial charge in [0.25, 0.3) is 0 Å². The Morgan fingerprint density at radius 1 is 1.42 bits per heavy atom. The second-order valence-electron chi connectivity index (χ2n) is 3.98. The van der Waals surface area contributed by atoms with Crippen molar-refractivity contribution in [2.45, 2.75) is 13.5 Å². The van der Waals surface area contributed by atoms with Crippen molar-refractivity contribution in [3.63, 3.8) is 0 Å². The van der Waals surface area contributed by atoms with Gasteiger partial charge in [-0.15, -0.1) is 0 Å². The number of ether oxygens (including phenoxy) is 1. The Morgan fingerprint density at radius 3 is 2.74 bits per heavy atom. The summed E-state index contributed by atoms with van der Waals surface area (Å²) in [5, 5.41) is 4.81. The van der Waals surface area contributed by atoms with E-state index in [-0.39, 0.29) is 5.69 Å². The van der Waals surface area contributed by atoms with Gasteiger partial charge in [-0.2, -0.15) is 5.10 Å². The normalized spacial score (nSPS) is 10.4. The summed E-state index contributed by atoms with van der Waals surface area (Å²) in [6, 6.07) is 7.39. The third-order valence-corrected chi connectivity index (χ3v) is 2.77. The molecule has 0 unspecified atom stereocenters. The van der Waals surface area contributed by atoms with Gasteiger partial charge in [0.05, 0.1) is 18.8 Å². The molecule has 1 aromatic carbocycles. The van der Waals surface area contributed by atoms with Crippen LogP contribution in [0.15, 0.2) is 30.5 Å². The van der Waals surface area contributed by atoms with Gasteiger partial charge in [-0.25, -0.2) is 4.79 Å². The molecule has 0 atom stereocenters. The molecule has 0 amide bonds. The van der Waals surface area contributed by atoms with Gasteiger partial charge in [0, 0.05) is 11.2 Å². The van der Waals surface area contributed by atoms with Crippen molar-refractivity contribution in [3.05, 3.63) is 46.7 Å². The minimum atomic E-state index is -0.505. The zero-order valence-electron chi connectivity index (χ0n) is 10.5. The fraction of sp³-hybridized carbons (Fsp3) is 0.231. The quantitative estimate of drug-likeness (QED) is 0.872. The first kappa shape index (κ1) is 13.4. The van der Waals surface area contributed by atoms with E-state index < -0.39 is 5.97 Å². The van der Waals surface area contributed by atoms with Gasteiger partial charge < -0.3 is 10.5 Å². The molecule has 0 saturated carbocycles. The van der Waals surface area contributed by atoms with E-state index in [4.69, 9.17) is 22.1 Å². The summed E-state index contributed by atoms with van der Waals surface area (Å²) in [4.78, 5) is 11.6. The SMILES string of the molecule is CCOC(=O)c1nn(Cc2ccc(Cl)cc2)cc1N. The van der Waals surface area contributed by atoms with E-state index in [9.17, 15) is 4.79 Å². The Morgan fingerprint density at radius 2 is 2.11 bits per heavy atom. The Kier molecular flexibility index (Phi) is 4.06. The molecule has 0 radical (unpaired) electrons. The third kappa shape index (κ3) is 3.26. The molecule has 2 N–H and O–H groups in total. The number of carbonyl (C=O) groups excluding carboxylic acids is 1. The monoisotopic (exact) mass is 279 g/mol. The first-order chi connectivity index (χ1) is 9.10. The van der Waals surface area contributed by atoms with Crippen molar-refractivity contribution in [1.29, 1.82) is 0 Å². The molecule has 0 saturated heterocycles. The van der Waals surface area contributed by atoms with Crippen LogP contribution in [0.3, 0.4) is 0 Å². The molecular formula is C13H14ClN3O2. The highest BCUT2D eigenvalue weighted by Gasteiger charge is 2.15. The van der Waals surface area contributed by atoms with E-state index in [1.54, 1.807) is 29.9 Å². The Bertz CT molecular complexity index is 578. The molecule has 2 rings (SSSR count). The van der Waals surface area contributed by atoms with E-state index in [0.29, 0.717) is 23.9 Å². The van der Waals surface area contributed by atoms with E-state index in [1.165, 1.54) is 0 Å². The summed E-state index contributed by atoms with van der Waals surface area (Å²) in [6.45, 7) is 2.54. The lowest BCUT2D eigenvalue weighted by molar-refractivity contribution is 0.0519. The predicted molar refractivity (Wildman–Crippen MR) is 73.1 cm³/mol. The number of nitrogens with two attached hydrogens (primary N) is 1.